The first-order valence-corrected chi connectivity index (χ1v) is 10.2. The number of benzene rings is 1. The van der Waals surface area contributed by atoms with Gasteiger partial charge in [-0.2, -0.15) is 0 Å². The molecule has 1 aliphatic rings. The van der Waals surface area contributed by atoms with Gasteiger partial charge in [0.1, 0.15) is 0 Å². The molecule has 1 heterocycles. The monoisotopic (exact) mass is 345 g/mol. The minimum Gasteiger partial charge on any atom is -0.344 e. The zero-order valence-corrected chi connectivity index (χ0v) is 14.9. The molecular weight excluding hydrogens is 322 g/mol. The maximum absolute atomic E-state index is 12.4. The highest BCUT2D eigenvalue weighted by molar-refractivity contribution is 8.00. The van der Waals surface area contributed by atoms with Gasteiger partial charge in [0.25, 0.3) is 0 Å². The van der Waals surface area contributed by atoms with Crippen LogP contribution < -0.4 is 5.32 Å². The summed E-state index contributed by atoms with van der Waals surface area (Å²) >= 11 is 3.52. The van der Waals surface area contributed by atoms with Crippen molar-refractivity contribution in [3.05, 3.63) is 58.3 Å². The van der Waals surface area contributed by atoms with Crippen LogP contribution in [0, 0.1) is 0 Å². The standard InChI is InChI=1S/C19H23NOS2/c21-18(14-23-16-10-5-2-6-11-16)20-19(17-12-7-13-22-17)15-8-3-1-4-9-15/h1,3-4,7-9,12-13,16,19H,2,5-6,10-11,14H2,(H,20,21)/t19-/m1/s1. The number of carbonyl (C=O) groups excluding carboxylic acids is 1. The van der Waals surface area contributed by atoms with Gasteiger partial charge in [-0.25, -0.2) is 0 Å². The maximum atomic E-state index is 12.4. The second-order valence-electron chi connectivity index (χ2n) is 6.00. The van der Waals surface area contributed by atoms with Gasteiger partial charge in [0.2, 0.25) is 5.91 Å². The molecule has 1 saturated carbocycles. The smallest absolute Gasteiger partial charge is 0.230 e. The molecule has 0 bridgehead atoms. The second kappa shape index (κ2) is 8.55. The predicted molar refractivity (Wildman–Crippen MR) is 100 cm³/mol. The molecule has 0 saturated heterocycles. The second-order valence-corrected chi connectivity index (χ2v) is 8.27. The number of carbonyl (C=O) groups is 1. The number of thioether (sulfide) groups is 1. The lowest BCUT2D eigenvalue weighted by molar-refractivity contribution is -0.119. The summed E-state index contributed by atoms with van der Waals surface area (Å²) in [5.41, 5.74) is 1.14. The Bertz CT molecular complexity index is 591. The van der Waals surface area contributed by atoms with Gasteiger partial charge in [-0.05, 0) is 29.9 Å². The highest BCUT2D eigenvalue weighted by Gasteiger charge is 2.19. The summed E-state index contributed by atoms with van der Waals surface area (Å²) in [6.45, 7) is 0. The van der Waals surface area contributed by atoms with Crippen molar-refractivity contribution in [2.75, 3.05) is 5.75 Å². The first kappa shape index (κ1) is 16.6. The molecule has 0 radical (unpaired) electrons. The van der Waals surface area contributed by atoms with Crippen molar-refractivity contribution < 1.29 is 4.79 Å². The van der Waals surface area contributed by atoms with Gasteiger partial charge in [0.05, 0.1) is 11.8 Å². The van der Waals surface area contributed by atoms with Gasteiger partial charge >= 0.3 is 0 Å². The summed E-state index contributed by atoms with van der Waals surface area (Å²) in [6, 6.07) is 14.3. The lowest BCUT2D eigenvalue weighted by Crippen LogP contribution is -2.31. The Hall–Kier alpha value is -1.26. The highest BCUT2D eigenvalue weighted by Crippen LogP contribution is 2.29. The Morgan fingerprint density at radius 3 is 2.61 bits per heavy atom. The first-order valence-electron chi connectivity index (χ1n) is 8.32. The van der Waals surface area contributed by atoms with Crippen LogP contribution in [0.1, 0.15) is 48.6 Å². The maximum Gasteiger partial charge on any atom is 0.230 e. The van der Waals surface area contributed by atoms with Crippen molar-refractivity contribution in [1.29, 1.82) is 0 Å². The van der Waals surface area contributed by atoms with Crippen LogP contribution in [0.25, 0.3) is 0 Å². The van der Waals surface area contributed by atoms with E-state index in [4.69, 9.17) is 0 Å². The zero-order valence-electron chi connectivity index (χ0n) is 13.2. The van der Waals surface area contributed by atoms with Crippen molar-refractivity contribution in [3.63, 3.8) is 0 Å². The summed E-state index contributed by atoms with van der Waals surface area (Å²) in [5, 5.41) is 5.96. The normalized spacial score (nSPS) is 16.9. The fourth-order valence-electron chi connectivity index (χ4n) is 3.05. The molecule has 23 heavy (non-hydrogen) atoms. The molecule has 1 amide bonds. The molecule has 2 aromatic rings. The molecule has 1 N–H and O–H groups in total. The van der Waals surface area contributed by atoms with Crippen molar-refractivity contribution in [3.8, 4) is 0 Å². The van der Waals surface area contributed by atoms with E-state index in [1.54, 1.807) is 11.3 Å². The number of thiophene rings is 1. The van der Waals surface area contributed by atoms with Crippen LogP contribution in [0.4, 0.5) is 0 Å². The Morgan fingerprint density at radius 1 is 1.13 bits per heavy atom. The van der Waals surface area contributed by atoms with Gasteiger partial charge in [-0.3, -0.25) is 4.79 Å². The molecule has 3 rings (SSSR count). The molecule has 0 aliphatic heterocycles. The van der Waals surface area contributed by atoms with E-state index in [2.05, 4.69) is 28.9 Å². The minimum atomic E-state index is -0.0318. The SMILES string of the molecule is O=C(CSC1CCCCC1)N[C@H](c1ccccc1)c1cccs1. The third-order valence-corrected chi connectivity index (χ3v) is 6.58. The first-order chi connectivity index (χ1) is 11.3. The van der Waals surface area contributed by atoms with Gasteiger partial charge in [0, 0.05) is 10.1 Å². The molecule has 2 nitrogen and oxygen atoms in total. The van der Waals surface area contributed by atoms with Crippen LogP contribution in [-0.4, -0.2) is 16.9 Å². The highest BCUT2D eigenvalue weighted by atomic mass is 32.2. The molecule has 1 fully saturated rings. The van der Waals surface area contributed by atoms with Crippen molar-refractivity contribution in [2.24, 2.45) is 0 Å². The molecule has 0 spiro atoms. The van der Waals surface area contributed by atoms with Gasteiger partial charge in [0.15, 0.2) is 0 Å². The number of hydrogen-bond acceptors (Lipinski definition) is 3. The minimum absolute atomic E-state index is 0.0318. The van der Waals surface area contributed by atoms with E-state index < -0.39 is 0 Å². The summed E-state index contributed by atoms with van der Waals surface area (Å²) in [5.74, 6) is 0.710. The van der Waals surface area contributed by atoms with E-state index in [0.29, 0.717) is 11.0 Å². The van der Waals surface area contributed by atoms with E-state index in [0.717, 1.165) is 5.56 Å². The Labute approximate surface area is 146 Å². The molecule has 1 aliphatic carbocycles. The Morgan fingerprint density at radius 2 is 1.91 bits per heavy atom. The molecule has 4 heteroatoms. The largest absolute Gasteiger partial charge is 0.344 e. The average Bonchev–Trinajstić information content (AvgIpc) is 3.14. The van der Waals surface area contributed by atoms with Crippen LogP contribution in [-0.2, 0) is 4.79 Å². The average molecular weight is 346 g/mol. The molecule has 1 atom stereocenters. The Kier molecular flexibility index (Phi) is 6.17. The lowest BCUT2D eigenvalue weighted by atomic mass is 10.0. The summed E-state index contributed by atoms with van der Waals surface area (Å²) in [4.78, 5) is 13.6. The van der Waals surface area contributed by atoms with Crippen LogP contribution >= 0.6 is 23.1 Å². The zero-order chi connectivity index (χ0) is 15.9. The summed E-state index contributed by atoms with van der Waals surface area (Å²) < 4.78 is 0. The van der Waals surface area contributed by atoms with E-state index in [9.17, 15) is 4.79 Å². The number of rotatable bonds is 6. The molecule has 1 aromatic heterocycles. The topological polar surface area (TPSA) is 29.1 Å². The van der Waals surface area contributed by atoms with Crippen LogP contribution in [0.5, 0.6) is 0 Å². The van der Waals surface area contributed by atoms with E-state index in [1.807, 2.05) is 36.0 Å². The summed E-state index contributed by atoms with van der Waals surface area (Å²) in [6.07, 6.45) is 6.54. The Balaban J connectivity index is 1.61. The summed E-state index contributed by atoms with van der Waals surface area (Å²) in [7, 11) is 0. The fraction of sp³-hybridized carbons (Fsp3) is 0.421. The van der Waals surface area contributed by atoms with Crippen molar-refractivity contribution in [2.45, 2.75) is 43.4 Å². The van der Waals surface area contributed by atoms with E-state index in [1.165, 1.54) is 37.0 Å². The van der Waals surface area contributed by atoms with Gasteiger partial charge in [-0.15, -0.1) is 23.1 Å². The van der Waals surface area contributed by atoms with Crippen molar-refractivity contribution >= 4 is 29.0 Å². The molecular formula is C19H23NOS2. The molecule has 0 unspecified atom stereocenters. The van der Waals surface area contributed by atoms with Crippen LogP contribution in [0.2, 0.25) is 0 Å². The van der Waals surface area contributed by atoms with Gasteiger partial charge in [-0.1, -0.05) is 55.7 Å². The molecule has 1 aromatic carbocycles. The fourth-order valence-corrected chi connectivity index (χ4v) is 4.99. The van der Waals surface area contributed by atoms with E-state index >= 15 is 0 Å². The predicted octanol–water partition coefficient (Wildman–Crippen LogP) is 5.02. The van der Waals surface area contributed by atoms with Crippen LogP contribution in [0.3, 0.4) is 0 Å². The van der Waals surface area contributed by atoms with Crippen molar-refractivity contribution in [1.82, 2.24) is 5.32 Å². The van der Waals surface area contributed by atoms with Crippen LogP contribution in [0.15, 0.2) is 47.8 Å². The molecule has 122 valence electrons. The number of nitrogens with one attached hydrogen (secondary N) is 1. The quantitative estimate of drug-likeness (QED) is 0.796. The number of amides is 1. The third-order valence-electron chi connectivity index (χ3n) is 4.27. The number of hydrogen-bond donors (Lipinski definition) is 1. The van der Waals surface area contributed by atoms with E-state index in [-0.39, 0.29) is 11.9 Å². The van der Waals surface area contributed by atoms with Gasteiger partial charge < -0.3 is 5.32 Å². The third kappa shape index (κ3) is 4.85. The lowest BCUT2D eigenvalue weighted by Gasteiger charge is -2.22.